The van der Waals surface area contributed by atoms with Crippen LogP contribution in [0.4, 0.5) is 4.79 Å². The molecular weight excluding hydrogens is 212 g/mol. The number of ether oxygens (including phenoxy) is 1. The first-order chi connectivity index (χ1) is 7.13. The van der Waals surface area contributed by atoms with Gasteiger partial charge in [0.05, 0.1) is 17.3 Å². The Morgan fingerprint density at radius 3 is 2.80 bits per heavy atom. The molecule has 0 aromatic carbocycles. The van der Waals surface area contributed by atoms with Crippen molar-refractivity contribution in [2.75, 3.05) is 13.2 Å². The molecule has 1 heterocycles. The van der Waals surface area contributed by atoms with Gasteiger partial charge in [0, 0.05) is 17.8 Å². The lowest BCUT2D eigenvalue weighted by Gasteiger charge is -2.02. The molecule has 1 rings (SSSR count). The molecule has 1 aromatic heterocycles. The topological polar surface area (TPSA) is 51.2 Å². The summed E-state index contributed by atoms with van der Waals surface area (Å²) >= 11 is 1.68. The Hall–Kier alpha value is -1.10. The monoisotopic (exact) mass is 228 g/mol. The third-order valence-electron chi connectivity index (χ3n) is 1.96. The first-order valence-corrected chi connectivity index (χ1v) is 5.78. The summed E-state index contributed by atoms with van der Waals surface area (Å²) in [5.74, 6) is 0. The first kappa shape index (κ1) is 12.0. The van der Waals surface area contributed by atoms with Crippen LogP contribution in [-0.4, -0.2) is 24.2 Å². The van der Waals surface area contributed by atoms with Crippen LogP contribution < -0.4 is 5.32 Å². The van der Waals surface area contributed by atoms with E-state index in [1.165, 1.54) is 4.88 Å². The number of nitrogens with zero attached hydrogens (tertiary/aromatic N) is 1. The molecule has 0 radical (unpaired) electrons. The summed E-state index contributed by atoms with van der Waals surface area (Å²) in [6.07, 6.45) is 0.403. The van der Waals surface area contributed by atoms with E-state index in [1.54, 1.807) is 18.3 Å². The first-order valence-electron chi connectivity index (χ1n) is 4.97. The molecule has 0 aliphatic heterocycles. The molecule has 1 amide bonds. The maximum Gasteiger partial charge on any atom is 0.407 e. The number of aromatic nitrogens is 1. The highest BCUT2D eigenvalue weighted by molar-refractivity contribution is 7.11. The van der Waals surface area contributed by atoms with Gasteiger partial charge in [0.15, 0.2) is 0 Å². The van der Waals surface area contributed by atoms with Crippen molar-refractivity contribution < 1.29 is 9.53 Å². The second kappa shape index (κ2) is 5.70. The van der Waals surface area contributed by atoms with Crippen molar-refractivity contribution >= 4 is 17.4 Å². The highest BCUT2D eigenvalue weighted by Gasteiger charge is 2.04. The number of rotatable bonds is 4. The number of carbonyl (C=O) groups excluding carboxylic acids is 1. The van der Waals surface area contributed by atoms with Gasteiger partial charge in [-0.15, -0.1) is 11.3 Å². The Morgan fingerprint density at radius 1 is 1.53 bits per heavy atom. The maximum atomic E-state index is 11.0. The Balaban J connectivity index is 2.28. The SMILES string of the molecule is CCOC(=O)NCCc1nc(C)c(C)s1. The maximum absolute atomic E-state index is 11.0. The molecule has 0 unspecified atom stereocenters. The van der Waals surface area contributed by atoms with Gasteiger partial charge in [0.2, 0.25) is 0 Å². The Bertz CT molecular complexity index is 317. The fourth-order valence-corrected chi connectivity index (χ4v) is 2.03. The molecule has 0 spiro atoms. The molecule has 1 N–H and O–H groups in total. The van der Waals surface area contributed by atoms with E-state index in [1.807, 2.05) is 6.92 Å². The standard InChI is InChI=1S/C10H16N2O2S/c1-4-14-10(13)11-6-5-9-12-7(2)8(3)15-9/h4-6H2,1-3H3,(H,11,13). The Kier molecular flexibility index (Phi) is 4.55. The molecule has 0 aliphatic carbocycles. The van der Waals surface area contributed by atoms with Gasteiger partial charge in [-0.3, -0.25) is 0 Å². The molecule has 0 atom stereocenters. The molecule has 0 saturated heterocycles. The normalized spacial score (nSPS) is 10.1. The van der Waals surface area contributed by atoms with Crippen LogP contribution in [-0.2, 0) is 11.2 Å². The van der Waals surface area contributed by atoms with Crippen molar-refractivity contribution in [2.45, 2.75) is 27.2 Å². The summed E-state index contributed by atoms with van der Waals surface area (Å²) in [6.45, 7) is 6.81. The fourth-order valence-electron chi connectivity index (χ4n) is 1.10. The number of aryl methyl sites for hydroxylation is 2. The zero-order valence-electron chi connectivity index (χ0n) is 9.29. The summed E-state index contributed by atoms with van der Waals surface area (Å²) in [6, 6.07) is 0. The smallest absolute Gasteiger partial charge is 0.407 e. The van der Waals surface area contributed by atoms with Crippen LogP contribution in [0.3, 0.4) is 0 Å². The number of alkyl carbamates (subject to hydrolysis) is 1. The van der Waals surface area contributed by atoms with E-state index in [0.29, 0.717) is 13.2 Å². The second-order valence-electron chi connectivity index (χ2n) is 3.15. The number of carbonyl (C=O) groups is 1. The minimum absolute atomic E-state index is 0.359. The minimum atomic E-state index is -0.359. The number of thiazole rings is 1. The van der Waals surface area contributed by atoms with Crippen molar-refractivity contribution in [3.63, 3.8) is 0 Å². The zero-order chi connectivity index (χ0) is 11.3. The van der Waals surface area contributed by atoms with E-state index in [-0.39, 0.29) is 6.09 Å². The van der Waals surface area contributed by atoms with Crippen LogP contribution >= 0.6 is 11.3 Å². The van der Waals surface area contributed by atoms with Crippen molar-refractivity contribution in [2.24, 2.45) is 0 Å². The number of hydrogen-bond donors (Lipinski definition) is 1. The lowest BCUT2D eigenvalue weighted by Crippen LogP contribution is -2.26. The quantitative estimate of drug-likeness (QED) is 0.858. The molecule has 0 bridgehead atoms. The summed E-state index contributed by atoms with van der Waals surface area (Å²) < 4.78 is 4.74. The van der Waals surface area contributed by atoms with Gasteiger partial charge in [0.25, 0.3) is 0 Å². The molecule has 0 fully saturated rings. The van der Waals surface area contributed by atoms with E-state index >= 15 is 0 Å². The van der Waals surface area contributed by atoms with Crippen molar-refractivity contribution in [3.05, 3.63) is 15.6 Å². The van der Waals surface area contributed by atoms with Gasteiger partial charge in [-0.1, -0.05) is 0 Å². The average Bonchev–Trinajstić information content (AvgIpc) is 2.46. The van der Waals surface area contributed by atoms with Crippen LogP contribution in [0.15, 0.2) is 0 Å². The predicted molar refractivity (Wildman–Crippen MR) is 60.3 cm³/mol. The highest BCUT2D eigenvalue weighted by Crippen LogP contribution is 2.16. The third kappa shape index (κ3) is 3.87. The van der Waals surface area contributed by atoms with E-state index in [9.17, 15) is 4.79 Å². The molecule has 84 valence electrons. The van der Waals surface area contributed by atoms with Crippen LogP contribution in [0, 0.1) is 13.8 Å². The van der Waals surface area contributed by atoms with E-state index in [2.05, 4.69) is 17.2 Å². The summed E-state index contributed by atoms with van der Waals surface area (Å²) in [5.41, 5.74) is 1.08. The minimum Gasteiger partial charge on any atom is -0.450 e. The van der Waals surface area contributed by atoms with Gasteiger partial charge in [-0.25, -0.2) is 9.78 Å². The number of hydrogen-bond acceptors (Lipinski definition) is 4. The lowest BCUT2D eigenvalue weighted by molar-refractivity contribution is 0.152. The zero-order valence-corrected chi connectivity index (χ0v) is 10.1. The largest absolute Gasteiger partial charge is 0.450 e. The molecule has 1 aromatic rings. The van der Waals surface area contributed by atoms with Crippen LogP contribution in [0.25, 0.3) is 0 Å². The third-order valence-corrected chi connectivity index (χ3v) is 3.09. The molecule has 0 saturated carbocycles. The van der Waals surface area contributed by atoms with Gasteiger partial charge in [-0.05, 0) is 20.8 Å². The highest BCUT2D eigenvalue weighted by atomic mass is 32.1. The predicted octanol–water partition coefficient (Wildman–Crippen LogP) is 2.05. The molecule has 0 aliphatic rings. The van der Waals surface area contributed by atoms with Crippen molar-refractivity contribution in [1.29, 1.82) is 0 Å². The summed E-state index contributed by atoms with van der Waals surface area (Å²) in [5, 5.41) is 3.72. The molecule has 4 nitrogen and oxygen atoms in total. The van der Waals surface area contributed by atoms with Crippen LogP contribution in [0.5, 0.6) is 0 Å². The van der Waals surface area contributed by atoms with Gasteiger partial charge < -0.3 is 10.1 Å². The molecule has 5 heteroatoms. The Morgan fingerprint density at radius 2 is 2.27 bits per heavy atom. The summed E-state index contributed by atoms with van der Waals surface area (Å²) in [4.78, 5) is 16.6. The average molecular weight is 228 g/mol. The van der Waals surface area contributed by atoms with Crippen LogP contribution in [0.2, 0.25) is 0 Å². The molecular formula is C10H16N2O2S. The number of amides is 1. The summed E-state index contributed by atoms with van der Waals surface area (Å²) in [7, 11) is 0. The Labute approximate surface area is 93.7 Å². The number of nitrogens with one attached hydrogen (secondary N) is 1. The molecule has 15 heavy (non-hydrogen) atoms. The van der Waals surface area contributed by atoms with E-state index in [0.717, 1.165) is 17.1 Å². The van der Waals surface area contributed by atoms with E-state index in [4.69, 9.17) is 4.74 Å². The van der Waals surface area contributed by atoms with Crippen molar-refractivity contribution in [1.82, 2.24) is 10.3 Å². The van der Waals surface area contributed by atoms with Gasteiger partial charge in [0.1, 0.15) is 0 Å². The van der Waals surface area contributed by atoms with Gasteiger partial charge in [-0.2, -0.15) is 0 Å². The van der Waals surface area contributed by atoms with Gasteiger partial charge >= 0.3 is 6.09 Å². The lowest BCUT2D eigenvalue weighted by atomic mass is 10.4. The second-order valence-corrected chi connectivity index (χ2v) is 4.43. The fraction of sp³-hybridized carbons (Fsp3) is 0.600. The van der Waals surface area contributed by atoms with Crippen LogP contribution in [0.1, 0.15) is 22.5 Å². The van der Waals surface area contributed by atoms with Crippen molar-refractivity contribution in [3.8, 4) is 0 Å². The van der Waals surface area contributed by atoms with E-state index < -0.39 is 0 Å².